The summed E-state index contributed by atoms with van der Waals surface area (Å²) in [6, 6.07) is 27.4. The van der Waals surface area contributed by atoms with Crippen LogP contribution in [0.1, 0.15) is 43.9 Å². The van der Waals surface area contributed by atoms with Crippen molar-refractivity contribution < 1.29 is 4.39 Å². The Balaban J connectivity index is 0.000000280. The highest BCUT2D eigenvalue weighted by atomic mass is 19.1. The average molecular weight is 473 g/mol. The first-order valence-corrected chi connectivity index (χ1v) is 12.1. The predicted octanol–water partition coefficient (Wildman–Crippen LogP) is 6.97. The lowest BCUT2D eigenvalue weighted by atomic mass is 10.0. The Hall–Kier alpha value is -3.86. The Kier molecular flexibility index (Phi) is 11.3. The molecule has 0 bridgehead atoms. The fourth-order valence-electron chi connectivity index (χ4n) is 3.70. The lowest BCUT2D eigenvalue weighted by molar-refractivity contribution is 0.630. The molecule has 4 rings (SSSR count). The number of amidine groups is 1. The summed E-state index contributed by atoms with van der Waals surface area (Å²) >= 11 is 0. The normalized spacial score (nSPS) is 10.6. The van der Waals surface area contributed by atoms with Gasteiger partial charge in [-0.15, -0.1) is 0 Å². The third-order valence-corrected chi connectivity index (χ3v) is 5.43. The molecule has 4 nitrogen and oxygen atoms in total. The summed E-state index contributed by atoms with van der Waals surface area (Å²) in [7, 11) is 1.78. The summed E-state index contributed by atoms with van der Waals surface area (Å²) in [4.78, 5) is 4.34. The second-order valence-corrected chi connectivity index (χ2v) is 7.71. The molecule has 0 saturated carbocycles. The van der Waals surface area contributed by atoms with Crippen LogP contribution in [0.15, 0.2) is 89.9 Å². The number of fused-ring (bicyclic) bond motifs is 1. The number of halogens is 1. The quantitative estimate of drug-likeness (QED) is 0.167. The molecule has 0 fully saturated rings. The minimum atomic E-state index is -0.309. The molecule has 0 aliphatic rings. The number of nitrogens with one attached hydrogen (secondary N) is 1. The van der Waals surface area contributed by atoms with Crippen molar-refractivity contribution in [1.29, 1.82) is 0 Å². The summed E-state index contributed by atoms with van der Waals surface area (Å²) < 4.78 is 12.8. The van der Waals surface area contributed by atoms with Crippen LogP contribution in [0.4, 0.5) is 15.8 Å². The number of aryl methyl sites for hydroxylation is 1. The molecule has 0 unspecified atom stereocenters. The molecule has 0 aromatic heterocycles. The highest BCUT2D eigenvalue weighted by Gasteiger charge is 2.07. The van der Waals surface area contributed by atoms with E-state index in [0.717, 1.165) is 35.5 Å². The van der Waals surface area contributed by atoms with Gasteiger partial charge in [0, 0.05) is 24.8 Å². The largest absolute Gasteiger partial charge is 0.398 e. The molecule has 5 heteroatoms. The molecular formula is C30H37FN4. The van der Waals surface area contributed by atoms with Crippen LogP contribution in [0.3, 0.4) is 0 Å². The maximum Gasteiger partial charge on any atom is 0.146 e. The molecule has 0 amide bonds. The van der Waals surface area contributed by atoms with Crippen molar-refractivity contribution in [3.05, 3.63) is 107 Å². The maximum absolute atomic E-state index is 12.8. The van der Waals surface area contributed by atoms with Gasteiger partial charge in [0.05, 0.1) is 5.69 Å². The fraction of sp³-hybridized carbons (Fsp3) is 0.233. The van der Waals surface area contributed by atoms with E-state index in [9.17, 15) is 4.39 Å². The van der Waals surface area contributed by atoms with Crippen LogP contribution in [-0.2, 0) is 13.0 Å². The molecule has 0 radical (unpaired) electrons. The zero-order valence-electron chi connectivity index (χ0n) is 21.2. The number of para-hydroxylation sites is 2. The molecule has 5 N–H and O–H groups in total. The Labute approximate surface area is 208 Å². The number of aliphatic imine (C=N–C) groups is 1. The number of benzene rings is 4. The number of hydrogen-bond donors (Lipinski definition) is 3. The number of nitrogens with zero attached hydrogens (tertiary/aromatic N) is 1. The van der Waals surface area contributed by atoms with Gasteiger partial charge in [-0.25, -0.2) is 4.39 Å². The van der Waals surface area contributed by atoms with Crippen LogP contribution < -0.4 is 16.8 Å². The Morgan fingerprint density at radius 3 is 2.17 bits per heavy atom. The van der Waals surface area contributed by atoms with E-state index in [1.165, 1.54) is 22.4 Å². The first-order valence-electron chi connectivity index (χ1n) is 12.1. The van der Waals surface area contributed by atoms with Gasteiger partial charge in [0.15, 0.2) is 0 Å². The third-order valence-electron chi connectivity index (χ3n) is 5.43. The van der Waals surface area contributed by atoms with E-state index in [4.69, 9.17) is 11.5 Å². The van der Waals surface area contributed by atoms with Crippen molar-refractivity contribution in [3.8, 4) is 0 Å². The van der Waals surface area contributed by atoms with Crippen LogP contribution in [0.5, 0.6) is 0 Å². The summed E-state index contributed by atoms with van der Waals surface area (Å²) in [5, 5.41) is 5.91. The van der Waals surface area contributed by atoms with Gasteiger partial charge in [0.25, 0.3) is 0 Å². The van der Waals surface area contributed by atoms with Crippen molar-refractivity contribution in [2.45, 2.75) is 40.2 Å². The van der Waals surface area contributed by atoms with Crippen molar-refractivity contribution in [3.63, 3.8) is 0 Å². The second kappa shape index (κ2) is 14.4. The number of anilines is 2. The van der Waals surface area contributed by atoms with Crippen LogP contribution in [0.2, 0.25) is 0 Å². The molecule has 184 valence electrons. The van der Waals surface area contributed by atoms with E-state index in [2.05, 4.69) is 52.8 Å². The summed E-state index contributed by atoms with van der Waals surface area (Å²) in [6.07, 6.45) is 1.84. The van der Waals surface area contributed by atoms with Gasteiger partial charge in [-0.1, -0.05) is 93.9 Å². The highest BCUT2D eigenvalue weighted by Crippen LogP contribution is 2.19. The first kappa shape index (κ1) is 27.4. The molecule has 0 aliphatic heterocycles. The van der Waals surface area contributed by atoms with Crippen molar-refractivity contribution >= 4 is 28.0 Å². The van der Waals surface area contributed by atoms with Crippen LogP contribution in [0.25, 0.3) is 10.8 Å². The van der Waals surface area contributed by atoms with E-state index in [1.807, 2.05) is 51.1 Å². The molecular weight excluding hydrogens is 435 g/mol. The van der Waals surface area contributed by atoms with E-state index in [0.29, 0.717) is 12.2 Å². The van der Waals surface area contributed by atoms with E-state index >= 15 is 0 Å². The smallest absolute Gasteiger partial charge is 0.146 e. The maximum atomic E-state index is 12.8. The number of nitrogens with two attached hydrogens (primary N) is 2. The van der Waals surface area contributed by atoms with Crippen LogP contribution >= 0.6 is 0 Å². The van der Waals surface area contributed by atoms with Crippen molar-refractivity contribution in [2.24, 2.45) is 4.99 Å². The van der Waals surface area contributed by atoms with Crippen LogP contribution in [-0.4, -0.2) is 12.9 Å². The Bertz CT molecular complexity index is 1230. The summed E-state index contributed by atoms with van der Waals surface area (Å²) in [5.41, 5.74) is 15.6. The van der Waals surface area contributed by atoms with E-state index in [-0.39, 0.29) is 5.82 Å². The standard InChI is InChI=1S/C19H19N3.C9H12FN.C2H6/c1-21-19(17-11-4-5-12-18(17)20)22-13-15-9-6-8-14-7-2-3-10-16(14)15;1-2-4-7-5-3-6-8(10)9(7)11;1-2/h2-12H,13,20H2,1H3,(H,21,22);3,5-6H,2,4,11H2,1H3;1-2H3. The lowest BCUT2D eigenvalue weighted by Crippen LogP contribution is -2.25. The molecule has 0 atom stereocenters. The van der Waals surface area contributed by atoms with Gasteiger partial charge in [0.1, 0.15) is 11.7 Å². The fourth-order valence-corrected chi connectivity index (χ4v) is 3.70. The molecule has 0 spiro atoms. The van der Waals surface area contributed by atoms with Gasteiger partial charge in [-0.05, 0) is 46.5 Å². The molecule has 35 heavy (non-hydrogen) atoms. The van der Waals surface area contributed by atoms with Gasteiger partial charge >= 0.3 is 0 Å². The predicted molar refractivity (Wildman–Crippen MR) is 150 cm³/mol. The third kappa shape index (κ3) is 7.57. The lowest BCUT2D eigenvalue weighted by Gasteiger charge is -2.13. The van der Waals surface area contributed by atoms with Gasteiger partial charge < -0.3 is 16.8 Å². The second-order valence-electron chi connectivity index (χ2n) is 7.71. The Morgan fingerprint density at radius 2 is 1.46 bits per heavy atom. The van der Waals surface area contributed by atoms with Crippen molar-refractivity contribution in [1.82, 2.24) is 5.32 Å². The minimum Gasteiger partial charge on any atom is -0.398 e. The molecule has 0 saturated heterocycles. The van der Waals surface area contributed by atoms with E-state index in [1.54, 1.807) is 13.1 Å². The molecule has 4 aromatic carbocycles. The first-order chi connectivity index (χ1) is 17.0. The van der Waals surface area contributed by atoms with Crippen LogP contribution in [0, 0.1) is 5.82 Å². The zero-order chi connectivity index (χ0) is 25.6. The summed E-state index contributed by atoms with van der Waals surface area (Å²) in [6.45, 7) is 6.76. The van der Waals surface area contributed by atoms with Gasteiger partial charge in [0.2, 0.25) is 0 Å². The average Bonchev–Trinajstić information content (AvgIpc) is 2.90. The van der Waals surface area contributed by atoms with E-state index < -0.39 is 0 Å². The SMILES string of the molecule is CC.CCCc1cccc(F)c1N.CN=C(NCc1cccc2ccccc12)c1ccccc1N. The number of rotatable bonds is 5. The topological polar surface area (TPSA) is 76.4 Å². The van der Waals surface area contributed by atoms with Gasteiger partial charge in [-0.3, -0.25) is 4.99 Å². The molecule has 4 aromatic rings. The monoisotopic (exact) mass is 472 g/mol. The summed E-state index contributed by atoms with van der Waals surface area (Å²) in [5.74, 6) is 0.502. The molecule has 0 heterocycles. The minimum absolute atomic E-state index is 0.300. The van der Waals surface area contributed by atoms with Gasteiger partial charge in [-0.2, -0.15) is 0 Å². The Morgan fingerprint density at radius 1 is 0.829 bits per heavy atom. The zero-order valence-corrected chi connectivity index (χ0v) is 21.2. The molecule has 0 aliphatic carbocycles. The van der Waals surface area contributed by atoms with Crippen molar-refractivity contribution in [2.75, 3.05) is 18.5 Å². The number of hydrogen-bond acceptors (Lipinski definition) is 3. The highest BCUT2D eigenvalue weighted by molar-refractivity contribution is 6.03. The number of nitrogen functional groups attached to an aromatic ring is 2.